The van der Waals surface area contributed by atoms with Gasteiger partial charge in [0.1, 0.15) is 0 Å². The number of nitro groups is 1. The first-order valence-corrected chi connectivity index (χ1v) is 5.11. The number of nitrogens with zero attached hydrogens (tertiary/aromatic N) is 1. The maximum absolute atomic E-state index is 10.4. The summed E-state index contributed by atoms with van der Waals surface area (Å²) in [6.07, 6.45) is 6.41. The summed E-state index contributed by atoms with van der Waals surface area (Å²) in [6, 6.07) is 0. The molecule has 13 heavy (non-hydrogen) atoms. The van der Waals surface area contributed by atoms with Gasteiger partial charge in [0.15, 0.2) is 0 Å². The van der Waals surface area contributed by atoms with E-state index < -0.39 is 0 Å². The molecule has 3 aliphatic carbocycles. The maximum atomic E-state index is 10.4. The quantitative estimate of drug-likeness (QED) is 0.457. The second-order valence-electron chi connectivity index (χ2n) is 4.71. The molecular weight excluding hydrogens is 166 g/mol. The number of hydrogen-bond acceptors (Lipinski definition) is 2. The smallest absolute Gasteiger partial charge is 0.234 e. The van der Waals surface area contributed by atoms with E-state index in [0.717, 1.165) is 17.4 Å². The highest BCUT2D eigenvalue weighted by Gasteiger charge is 2.55. The topological polar surface area (TPSA) is 43.1 Å². The summed E-state index contributed by atoms with van der Waals surface area (Å²) in [5.74, 6) is 2.91. The first-order valence-electron chi connectivity index (χ1n) is 5.11. The highest BCUT2D eigenvalue weighted by Crippen LogP contribution is 2.63. The van der Waals surface area contributed by atoms with Crippen molar-refractivity contribution in [1.29, 1.82) is 0 Å². The van der Waals surface area contributed by atoms with Gasteiger partial charge in [0.25, 0.3) is 0 Å². The monoisotopic (exact) mass is 179 g/mol. The number of allylic oxidation sites excluding steroid dienone is 1. The summed E-state index contributed by atoms with van der Waals surface area (Å²) in [4.78, 5) is 10.1. The van der Waals surface area contributed by atoms with Crippen LogP contribution >= 0.6 is 0 Å². The normalized spacial score (nSPS) is 49.1. The Bertz CT molecular complexity index is 289. The molecule has 0 saturated heterocycles. The third-order valence-corrected chi connectivity index (χ3v) is 4.22. The van der Waals surface area contributed by atoms with E-state index in [4.69, 9.17) is 0 Å². The minimum absolute atomic E-state index is 0.267. The number of fused-ring (bicyclic) bond motifs is 1. The van der Waals surface area contributed by atoms with Crippen LogP contribution in [0.3, 0.4) is 0 Å². The molecule has 0 amide bonds. The van der Waals surface area contributed by atoms with Crippen LogP contribution in [0.15, 0.2) is 11.8 Å². The molecule has 3 fully saturated rings. The van der Waals surface area contributed by atoms with E-state index in [1.165, 1.54) is 31.9 Å². The zero-order valence-corrected chi connectivity index (χ0v) is 7.48. The predicted octanol–water partition coefficient (Wildman–Crippen LogP) is 2.21. The molecule has 0 radical (unpaired) electrons. The molecule has 0 N–H and O–H groups in total. The van der Waals surface area contributed by atoms with Crippen molar-refractivity contribution in [3.05, 3.63) is 21.9 Å². The molecule has 3 rings (SSSR count). The summed E-state index contributed by atoms with van der Waals surface area (Å²) < 4.78 is 0. The van der Waals surface area contributed by atoms with Gasteiger partial charge in [0.05, 0.1) is 4.92 Å². The molecule has 3 heteroatoms. The van der Waals surface area contributed by atoms with Crippen molar-refractivity contribution in [2.45, 2.75) is 25.7 Å². The van der Waals surface area contributed by atoms with Crippen molar-refractivity contribution >= 4 is 0 Å². The van der Waals surface area contributed by atoms with Crippen molar-refractivity contribution in [3.8, 4) is 0 Å². The van der Waals surface area contributed by atoms with Gasteiger partial charge in [-0.2, -0.15) is 0 Å². The first-order chi connectivity index (χ1) is 6.25. The van der Waals surface area contributed by atoms with Crippen molar-refractivity contribution in [2.24, 2.45) is 23.7 Å². The molecular formula is C10H13NO2. The van der Waals surface area contributed by atoms with Gasteiger partial charge in [-0.1, -0.05) is 0 Å². The molecule has 0 spiro atoms. The molecule has 4 atom stereocenters. The van der Waals surface area contributed by atoms with E-state index in [-0.39, 0.29) is 4.92 Å². The fourth-order valence-electron chi connectivity index (χ4n) is 3.76. The van der Waals surface area contributed by atoms with E-state index >= 15 is 0 Å². The summed E-state index contributed by atoms with van der Waals surface area (Å²) in [6.45, 7) is 0. The molecule has 3 nitrogen and oxygen atoms in total. The van der Waals surface area contributed by atoms with Gasteiger partial charge in [-0.15, -0.1) is 0 Å². The summed E-state index contributed by atoms with van der Waals surface area (Å²) in [5.41, 5.74) is 1.16. The molecule has 2 bridgehead atoms. The van der Waals surface area contributed by atoms with Gasteiger partial charge in [-0.05, 0) is 49.4 Å². The van der Waals surface area contributed by atoms with E-state index in [9.17, 15) is 10.1 Å². The largest absolute Gasteiger partial charge is 0.259 e. The molecule has 2 unspecified atom stereocenters. The van der Waals surface area contributed by atoms with Crippen molar-refractivity contribution in [1.82, 2.24) is 0 Å². The fourth-order valence-corrected chi connectivity index (χ4v) is 3.76. The van der Waals surface area contributed by atoms with Crippen LogP contribution in [0, 0.1) is 33.8 Å². The Labute approximate surface area is 77.0 Å². The van der Waals surface area contributed by atoms with Crippen LogP contribution in [-0.4, -0.2) is 4.92 Å². The van der Waals surface area contributed by atoms with Gasteiger partial charge in [-0.3, -0.25) is 10.1 Å². The predicted molar refractivity (Wildman–Crippen MR) is 47.5 cm³/mol. The first kappa shape index (κ1) is 7.54. The van der Waals surface area contributed by atoms with Crippen LogP contribution in [0.2, 0.25) is 0 Å². The summed E-state index contributed by atoms with van der Waals surface area (Å²) >= 11 is 0. The van der Waals surface area contributed by atoms with Crippen LogP contribution in [0.25, 0.3) is 0 Å². The van der Waals surface area contributed by atoms with E-state index in [0.29, 0.717) is 11.8 Å². The van der Waals surface area contributed by atoms with Crippen LogP contribution < -0.4 is 0 Å². The lowest BCUT2D eigenvalue weighted by molar-refractivity contribution is -0.405. The highest BCUT2D eigenvalue weighted by atomic mass is 16.6. The third kappa shape index (κ3) is 0.901. The second-order valence-corrected chi connectivity index (χ2v) is 4.71. The van der Waals surface area contributed by atoms with Crippen molar-refractivity contribution in [2.75, 3.05) is 0 Å². The lowest BCUT2D eigenvalue weighted by atomic mass is 9.60. The standard InChI is InChI=1S/C10H13NO2/c12-11(13)5-10-7-2-1-6-3-8(7)9(10)4-6/h5-9H,1-4H2/b10-5+/t6-,7?,8?,9-/m1/s1. The number of hydrogen-bond donors (Lipinski definition) is 0. The second kappa shape index (κ2) is 2.34. The van der Waals surface area contributed by atoms with Crippen LogP contribution in [-0.2, 0) is 0 Å². The molecule has 3 aliphatic rings. The van der Waals surface area contributed by atoms with Crippen LogP contribution in [0.1, 0.15) is 25.7 Å². The van der Waals surface area contributed by atoms with Crippen LogP contribution in [0.4, 0.5) is 0 Å². The molecule has 0 aromatic heterocycles. The average molecular weight is 179 g/mol. The Kier molecular flexibility index (Phi) is 1.35. The van der Waals surface area contributed by atoms with Gasteiger partial charge >= 0.3 is 0 Å². The molecule has 0 aliphatic heterocycles. The zero-order chi connectivity index (χ0) is 9.00. The van der Waals surface area contributed by atoms with E-state index in [2.05, 4.69) is 0 Å². The SMILES string of the molecule is O=[N+]([O-])/C=C1\C2CC[C@@H]3CC2[C@H]1C3. The fraction of sp³-hybridized carbons (Fsp3) is 0.800. The minimum atomic E-state index is -0.267. The summed E-state index contributed by atoms with van der Waals surface area (Å²) in [5, 5.41) is 10.4. The molecule has 0 aromatic carbocycles. The van der Waals surface area contributed by atoms with E-state index in [1.54, 1.807) is 0 Å². The van der Waals surface area contributed by atoms with Gasteiger partial charge in [0.2, 0.25) is 6.20 Å². The Balaban J connectivity index is 1.90. The van der Waals surface area contributed by atoms with Gasteiger partial charge < -0.3 is 0 Å². The molecule has 3 saturated carbocycles. The Morgan fingerprint density at radius 3 is 2.92 bits per heavy atom. The lowest BCUT2D eigenvalue weighted by Crippen LogP contribution is -2.37. The van der Waals surface area contributed by atoms with Crippen molar-refractivity contribution in [3.63, 3.8) is 0 Å². The minimum Gasteiger partial charge on any atom is -0.259 e. The Hall–Kier alpha value is -0.860. The molecule has 0 aromatic rings. The Morgan fingerprint density at radius 2 is 2.15 bits per heavy atom. The lowest BCUT2D eigenvalue weighted by Gasteiger charge is -2.43. The van der Waals surface area contributed by atoms with Gasteiger partial charge in [-0.25, -0.2) is 0 Å². The van der Waals surface area contributed by atoms with Crippen LogP contribution in [0.5, 0.6) is 0 Å². The van der Waals surface area contributed by atoms with Crippen molar-refractivity contribution < 1.29 is 4.92 Å². The Morgan fingerprint density at radius 1 is 1.31 bits per heavy atom. The van der Waals surface area contributed by atoms with E-state index in [1.807, 2.05) is 0 Å². The molecule has 0 heterocycles. The zero-order valence-electron chi connectivity index (χ0n) is 7.48. The highest BCUT2D eigenvalue weighted by molar-refractivity contribution is 5.26. The third-order valence-electron chi connectivity index (χ3n) is 4.22. The average Bonchev–Trinajstić information content (AvgIpc) is 2.26. The summed E-state index contributed by atoms with van der Waals surface area (Å²) in [7, 11) is 0. The molecule has 70 valence electrons. The number of rotatable bonds is 1. The van der Waals surface area contributed by atoms with Gasteiger partial charge in [0, 0.05) is 5.57 Å². The maximum Gasteiger partial charge on any atom is 0.234 e.